The summed E-state index contributed by atoms with van der Waals surface area (Å²) in [5.41, 5.74) is 0. The summed E-state index contributed by atoms with van der Waals surface area (Å²) >= 11 is 11.9. The van der Waals surface area contributed by atoms with E-state index < -0.39 is 10.0 Å². The molecule has 0 N–H and O–H groups in total. The molecule has 0 saturated carbocycles. The van der Waals surface area contributed by atoms with Crippen molar-refractivity contribution >= 4 is 33.2 Å². The topological polar surface area (TPSA) is 72.4 Å². The Bertz CT molecular complexity index is 810. The van der Waals surface area contributed by atoms with Crippen LogP contribution in [-0.2, 0) is 10.0 Å². The number of halogens is 2. The van der Waals surface area contributed by atoms with Gasteiger partial charge in [-0.2, -0.15) is 4.31 Å². The first-order chi connectivity index (χ1) is 11.5. The van der Waals surface area contributed by atoms with Crippen LogP contribution in [0.15, 0.2) is 41.7 Å². The van der Waals surface area contributed by atoms with Crippen molar-refractivity contribution < 1.29 is 13.2 Å². The number of hydrogen-bond donors (Lipinski definition) is 0. The Labute approximate surface area is 150 Å². The van der Waals surface area contributed by atoms with Crippen molar-refractivity contribution in [1.82, 2.24) is 14.3 Å². The smallest absolute Gasteiger partial charge is 0.244 e. The summed E-state index contributed by atoms with van der Waals surface area (Å²) in [5.74, 6) is 0.490. The van der Waals surface area contributed by atoms with Gasteiger partial charge in [-0.1, -0.05) is 23.2 Å². The SMILES string of the molecule is O=S(=O)(c1cc(Cl)ccc1Cl)N1CCC(Oc2ccncn2)CC1. The van der Waals surface area contributed by atoms with Crippen LogP contribution in [0.2, 0.25) is 10.0 Å². The van der Waals surface area contributed by atoms with Crippen molar-refractivity contribution in [3.05, 3.63) is 46.8 Å². The predicted molar refractivity (Wildman–Crippen MR) is 90.9 cm³/mol. The number of nitrogens with zero attached hydrogens (tertiary/aromatic N) is 3. The monoisotopic (exact) mass is 387 g/mol. The molecule has 1 aliphatic heterocycles. The van der Waals surface area contributed by atoms with Crippen LogP contribution < -0.4 is 4.74 Å². The van der Waals surface area contributed by atoms with E-state index in [1.807, 2.05) is 0 Å². The highest BCUT2D eigenvalue weighted by atomic mass is 35.5. The number of sulfonamides is 1. The molecule has 0 radical (unpaired) electrons. The molecule has 1 saturated heterocycles. The molecule has 0 amide bonds. The number of benzene rings is 1. The summed E-state index contributed by atoms with van der Waals surface area (Å²) < 4.78 is 32.6. The van der Waals surface area contributed by atoms with Gasteiger partial charge in [0.15, 0.2) is 0 Å². The van der Waals surface area contributed by atoms with E-state index in [1.54, 1.807) is 18.3 Å². The van der Waals surface area contributed by atoms with Crippen LogP contribution in [0, 0.1) is 0 Å². The highest BCUT2D eigenvalue weighted by Crippen LogP contribution is 2.29. The van der Waals surface area contributed by atoms with Gasteiger partial charge < -0.3 is 4.74 Å². The molecule has 2 aromatic rings. The zero-order valence-corrected chi connectivity index (χ0v) is 14.9. The van der Waals surface area contributed by atoms with Gasteiger partial charge in [0.25, 0.3) is 0 Å². The summed E-state index contributed by atoms with van der Waals surface area (Å²) in [7, 11) is -3.68. The van der Waals surface area contributed by atoms with Gasteiger partial charge in [0.2, 0.25) is 15.9 Å². The first kappa shape index (κ1) is 17.4. The minimum Gasteiger partial charge on any atom is -0.474 e. The Balaban J connectivity index is 1.68. The van der Waals surface area contributed by atoms with Gasteiger partial charge >= 0.3 is 0 Å². The van der Waals surface area contributed by atoms with Gasteiger partial charge in [0, 0.05) is 30.4 Å². The minimum absolute atomic E-state index is 0.0341. The summed E-state index contributed by atoms with van der Waals surface area (Å²) in [6, 6.07) is 6.10. The Morgan fingerprint density at radius 3 is 2.58 bits per heavy atom. The largest absolute Gasteiger partial charge is 0.474 e. The molecular weight excluding hydrogens is 373 g/mol. The van der Waals surface area contributed by atoms with Crippen LogP contribution in [0.25, 0.3) is 0 Å². The summed E-state index contributed by atoms with van der Waals surface area (Å²) in [5, 5.41) is 0.499. The predicted octanol–water partition coefficient (Wildman–Crippen LogP) is 3.02. The lowest BCUT2D eigenvalue weighted by Crippen LogP contribution is -2.41. The van der Waals surface area contributed by atoms with E-state index in [0.717, 1.165) is 0 Å². The molecule has 6 nitrogen and oxygen atoms in total. The molecular formula is C15H15Cl2N3O3S. The van der Waals surface area contributed by atoms with Gasteiger partial charge in [-0.3, -0.25) is 0 Å². The second-order valence-electron chi connectivity index (χ2n) is 5.34. The number of rotatable bonds is 4. The molecule has 128 valence electrons. The quantitative estimate of drug-likeness (QED) is 0.805. The maximum Gasteiger partial charge on any atom is 0.244 e. The van der Waals surface area contributed by atoms with E-state index in [-0.39, 0.29) is 16.0 Å². The van der Waals surface area contributed by atoms with E-state index in [0.29, 0.717) is 36.8 Å². The first-order valence-corrected chi connectivity index (χ1v) is 9.54. The second-order valence-corrected chi connectivity index (χ2v) is 8.09. The van der Waals surface area contributed by atoms with Gasteiger partial charge in [-0.05, 0) is 31.0 Å². The molecule has 0 aliphatic carbocycles. The number of aromatic nitrogens is 2. The van der Waals surface area contributed by atoms with Crippen LogP contribution in [0.1, 0.15) is 12.8 Å². The Morgan fingerprint density at radius 1 is 1.17 bits per heavy atom. The van der Waals surface area contributed by atoms with Crippen LogP contribution >= 0.6 is 23.2 Å². The first-order valence-electron chi connectivity index (χ1n) is 7.35. The fourth-order valence-electron chi connectivity index (χ4n) is 2.52. The van der Waals surface area contributed by atoms with E-state index in [1.165, 1.54) is 22.8 Å². The van der Waals surface area contributed by atoms with Gasteiger partial charge in [-0.25, -0.2) is 18.4 Å². The fraction of sp³-hybridized carbons (Fsp3) is 0.333. The normalized spacial score (nSPS) is 16.9. The number of hydrogen-bond acceptors (Lipinski definition) is 5. The van der Waals surface area contributed by atoms with Gasteiger partial charge in [0.05, 0.1) is 5.02 Å². The van der Waals surface area contributed by atoms with E-state index in [9.17, 15) is 8.42 Å². The molecule has 0 spiro atoms. The third kappa shape index (κ3) is 3.80. The van der Waals surface area contributed by atoms with Crippen molar-refractivity contribution in [2.45, 2.75) is 23.8 Å². The molecule has 9 heteroatoms. The maximum atomic E-state index is 12.7. The number of ether oxygens (including phenoxy) is 1. The van der Waals surface area contributed by atoms with E-state index in [4.69, 9.17) is 27.9 Å². The van der Waals surface area contributed by atoms with Crippen molar-refractivity contribution in [3.8, 4) is 5.88 Å². The standard InChI is InChI=1S/C15H15Cl2N3O3S/c16-11-1-2-13(17)14(9-11)24(21,22)20-7-4-12(5-8-20)23-15-3-6-18-10-19-15/h1-3,6,9-10,12H,4-5,7-8H2. The molecule has 0 bridgehead atoms. The third-order valence-electron chi connectivity index (χ3n) is 3.75. The minimum atomic E-state index is -3.68. The van der Waals surface area contributed by atoms with Gasteiger partial charge in [-0.15, -0.1) is 0 Å². The molecule has 1 fully saturated rings. The molecule has 3 rings (SSSR count). The lowest BCUT2D eigenvalue weighted by molar-refractivity contribution is 0.129. The zero-order chi connectivity index (χ0) is 17.2. The van der Waals surface area contributed by atoms with Crippen LogP contribution in [0.4, 0.5) is 0 Å². The van der Waals surface area contributed by atoms with Crippen molar-refractivity contribution in [2.24, 2.45) is 0 Å². The fourth-order valence-corrected chi connectivity index (χ4v) is 4.73. The van der Waals surface area contributed by atoms with Crippen molar-refractivity contribution in [1.29, 1.82) is 0 Å². The molecule has 0 atom stereocenters. The molecule has 1 aromatic heterocycles. The summed E-state index contributed by atoms with van der Waals surface area (Å²) in [4.78, 5) is 7.88. The Hall–Kier alpha value is -1.41. The third-order valence-corrected chi connectivity index (χ3v) is 6.37. The Kier molecular flexibility index (Phi) is 5.24. The van der Waals surface area contributed by atoms with Crippen LogP contribution in [-0.4, -0.2) is 41.9 Å². The summed E-state index contributed by atoms with van der Waals surface area (Å²) in [6.45, 7) is 0.696. The number of piperidine rings is 1. The van der Waals surface area contributed by atoms with Gasteiger partial charge in [0.1, 0.15) is 17.3 Å². The van der Waals surface area contributed by atoms with E-state index in [2.05, 4.69) is 9.97 Å². The zero-order valence-electron chi connectivity index (χ0n) is 12.6. The average Bonchev–Trinajstić information content (AvgIpc) is 2.58. The Morgan fingerprint density at radius 2 is 1.92 bits per heavy atom. The van der Waals surface area contributed by atoms with Crippen LogP contribution in [0.5, 0.6) is 5.88 Å². The molecule has 2 heterocycles. The van der Waals surface area contributed by atoms with Crippen molar-refractivity contribution in [3.63, 3.8) is 0 Å². The highest BCUT2D eigenvalue weighted by molar-refractivity contribution is 7.89. The van der Waals surface area contributed by atoms with E-state index >= 15 is 0 Å². The maximum absolute atomic E-state index is 12.7. The lowest BCUT2D eigenvalue weighted by atomic mass is 10.1. The summed E-state index contributed by atoms with van der Waals surface area (Å²) in [6.07, 6.45) is 4.07. The van der Waals surface area contributed by atoms with Crippen molar-refractivity contribution in [2.75, 3.05) is 13.1 Å². The molecule has 1 aromatic carbocycles. The van der Waals surface area contributed by atoms with Crippen LogP contribution in [0.3, 0.4) is 0 Å². The molecule has 24 heavy (non-hydrogen) atoms. The molecule has 0 unspecified atom stereocenters. The average molecular weight is 388 g/mol. The highest BCUT2D eigenvalue weighted by Gasteiger charge is 2.31. The second kappa shape index (κ2) is 7.23. The lowest BCUT2D eigenvalue weighted by Gasteiger charge is -2.31. The molecule has 1 aliphatic rings.